The van der Waals surface area contributed by atoms with Gasteiger partial charge in [-0.15, -0.1) is 0 Å². The number of fused-ring (bicyclic) bond motifs is 1. The molecule has 2 aromatic heterocycles. The van der Waals surface area contributed by atoms with Crippen molar-refractivity contribution in [1.82, 2.24) is 24.0 Å². The van der Waals surface area contributed by atoms with Crippen molar-refractivity contribution in [3.05, 3.63) is 106 Å². The number of halogens is 3. The number of imidazole rings is 1. The van der Waals surface area contributed by atoms with Gasteiger partial charge in [0.05, 0.1) is 29.2 Å². The summed E-state index contributed by atoms with van der Waals surface area (Å²) in [7, 11) is 0. The van der Waals surface area contributed by atoms with Gasteiger partial charge in [0.15, 0.2) is 0 Å². The van der Waals surface area contributed by atoms with E-state index in [-0.39, 0.29) is 11.6 Å². The Morgan fingerprint density at radius 3 is 2.45 bits per heavy atom. The van der Waals surface area contributed by atoms with Crippen molar-refractivity contribution in [1.29, 1.82) is 0 Å². The molecule has 3 heterocycles. The maximum atomic E-state index is 13.4. The third-order valence-corrected chi connectivity index (χ3v) is 6.94. The summed E-state index contributed by atoms with van der Waals surface area (Å²) in [4.78, 5) is 24.5. The highest BCUT2D eigenvalue weighted by atomic mass is 19.4. The Kier molecular flexibility index (Phi) is 7.07. The number of nitrogens with one attached hydrogen (secondary N) is 1. The van der Waals surface area contributed by atoms with Crippen LogP contribution in [-0.4, -0.2) is 30.5 Å². The Hall–Kier alpha value is -3.92. The molecule has 0 aliphatic carbocycles. The quantitative estimate of drug-likeness (QED) is 0.362. The Labute approximate surface area is 218 Å². The highest BCUT2D eigenvalue weighted by molar-refractivity contribution is 5.38. The lowest BCUT2D eigenvalue weighted by molar-refractivity contribution is -0.137. The molecular formula is C28H29F3N6O. The molecule has 1 aliphatic rings. The summed E-state index contributed by atoms with van der Waals surface area (Å²) in [5.41, 5.74) is 3.57. The molecule has 0 spiro atoms. The summed E-state index contributed by atoms with van der Waals surface area (Å²) in [6, 6.07) is 13.0. The number of hydrogen-bond acceptors (Lipinski definition) is 5. The lowest BCUT2D eigenvalue weighted by atomic mass is 10.0. The predicted octanol–water partition coefficient (Wildman–Crippen LogP) is 5.20. The van der Waals surface area contributed by atoms with Gasteiger partial charge in [0.25, 0.3) is 5.56 Å². The highest BCUT2D eigenvalue weighted by Crippen LogP contribution is 2.30. The molecule has 10 heteroatoms. The first-order chi connectivity index (χ1) is 18.2. The van der Waals surface area contributed by atoms with Gasteiger partial charge in [-0.2, -0.15) is 13.2 Å². The van der Waals surface area contributed by atoms with Crippen LogP contribution in [0.3, 0.4) is 0 Å². The molecule has 1 unspecified atom stereocenters. The van der Waals surface area contributed by atoms with Crippen molar-refractivity contribution in [3.63, 3.8) is 0 Å². The van der Waals surface area contributed by atoms with Crippen molar-refractivity contribution in [2.75, 3.05) is 11.9 Å². The molecule has 2 aromatic carbocycles. The highest BCUT2D eigenvalue weighted by Gasteiger charge is 2.30. The molecule has 0 bridgehead atoms. The molecule has 0 radical (unpaired) electrons. The summed E-state index contributed by atoms with van der Waals surface area (Å²) in [5.74, 6) is 0.437. The molecule has 1 N–H and O–H groups in total. The zero-order chi connectivity index (χ0) is 26.9. The van der Waals surface area contributed by atoms with Gasteiger partial charge in [0.1, 0.15) is 0 Å². The van der Waals surface area contributed by atoms with Crippen LogP contribution >= 0.6 is 0 Å². The van der Waals surface area contributed by atoms with E-state index >= 15 is 0 Å². The zero-order valence-corrected chi connectivity index (χ0v) is 21.2. The lowest BCUT2D eigenvalue weighted by Crippen LogP contribution is -2.38. The Balaban J connectivity index is 1.31. The third kappa shape index (κ3) is 5.35. The third-order valence-electron chi connectivity index (χ3n) is 6.94. The first-order valence-electron chi connectivity index (χ1n) is 12.6. The average Bonchev–Trinajstić information content (AvgIpc) is 3.44. The molecule has 0 amide bonds. The van der Waals surface area contributed by atoms with E-state index in [1.165, 1.54) is 12.1 Å². The van der Waals surface area contributed by atoms with Crippen molar-refractivity contribution in [2.24, 2.45) is 0 Å². The summed E-state index contributed by atoms with van der Waals surface area (Å²) >= 11 is 0. The smallest absolute Gasteiger partial charge is 0.349 e. The minimum Gasteiger partial charge on any atom is -0.349 e. The van der Waals surface area contributed by atoms with E-state index in [9.17, 15) is 18.0 Å². The van der Waals surface area contributed by atoms with Crippen LogP contribution in [0.15, 0.2) is 72.0 Å². The minimum atomic E-state index is -4.38. The van der Waals surface area contributed by atoms with Gasteiger partial charge in [-0.05, 0) is 49.2 Å². The molecule has 7 nitrogen and oxygen atoms in total. The van der Waals surface area contributed by atoms with Gasteiger partial charge < -0.3 is 9.88 Å². The Morgan fingerprint density at radius 1 is 1.08 bits per heavy atom. The number of aromatic nitrogens is 4. The van der Waals surface area contributed by atoms with Gasteiger partial charge in [-0.3, -0.25) is 14.3 Å². The van der Waals surface area contributed by atoms with Crippen LogP contribution in [0.25, 0.3) is 5.69 Å². The normalized spacial score (nSPS) is 14.8. The first kappa shape index (κ1) is 25.7. The number of anilines is 1. The fourth-order valence-corrected chi connectivity index (χ4v) is 4.79. The molecule has 4 aromatic rings. The second-order valence-electron chi connectivity index (χ2n) is 9.49. The zero-order valence-electron chi connectivity index (χ0n) is 21.2. The number of hydrogen-bond donors (Lipinski definition) is 1. The van der Waals surface area contributed by atoms with E-state index in [0.717, 1.165) is 42.2 Å². The maximum absolute atomic E-state index is 13.4. The van der Waals surface area contributed by atoms with Gasteiger partial charge in [0.2, 0.25) is 5.95 Å². The van der Waals surface area contributed by atoms with Gasteiger partial charge >= 0.3 is 6.18 Å². The number of nitrogens with zero attached hydrogens (tertiary/aromatic N) is 5. The van der Waals surface area contributed by atoms with Crippen LogP contribution < -0.4 is 10.9 Å². The van der Waals surface area contributed by atoms with Crippen LogP contribution in [0.2, 0.25) is 0 Å². The molecule has 0 saturated heterocycles. The van der Waals surface area contributed by atoms with Crippen LogP contribution in [0, 0.1) is 0 Å². The minimum absolute atomic E-state index is 0.0835. The van der Waals surface area contributed by atoms with Crippen molar-refractivity contribution in [2.45, 2.75) is 52.1 Å². The topological polar surface area (TPSA) is 68.0 Å². The second-order valence-corrected chi connectivity index (χ2v) is 9.49. The molecule has 0 fully saturated rings. The summed E-state index contributed by atoms with van der Waals surface area (Å²) in [5, 5.41) is 3.25. The van der Waals surface area contributed by atoms with Crippen LogP contribution in [-0.2, 0) is 32.2 Å². The standard InChI is InChI=1S/C28H29F3N6O/c1-3-37-26(38)24-17-35(16-20-4-10-23(11-5-20)36-15-13-32-18-36)14-12-25(24)34-27(37)33-19(2)21-6-8-22(9-7-21)28(29,30)31/h4-11,13,15,18-19H,3,12,14,16-17H2,1-2H3,(H,33,34). The van der Waals surface area contributed by atoms with Crippen LogP contribution in [0.4, 0.5) is 19.1 Å². The average molecular weight is 523 g/mol. The van der Waals surface area contributed by atoms with E-state index in [4.69, 9.17) is 4.98 Å². The Bertz CT molecular complexity index is 1440. The van der Waals surface area contributed by atoms with Crippen LogP contribution in [0.1, 0.15) is 47.8 Å². The summed E-state index contributed by atoms with van der Waals surface area (Å²) in [6.07, 6.45) is 1.67. The summed E-state index contributed by atoms with van der Waals surface area (Å²) < 4.78 is 42.3. The number of rotatable bonds is 7. The fourth-order valence-electron chi connectivity index (χ4n) is 4.79. The monoisotopic (exact) mass is 522 g/mol. The largest absolute Gasteiger partial charge is 0.416 e. The van der Waals surface area contributed by atoms with Gasteiger partial charge in [-0.25, -0.2) is 9.97 Å². The van der Waals surface area contributed by atoms with E-state index in [0.29, 0.717) is 36.6 Å². The van der Waals surface area contributed by atoms with E-state index < -0.39 is 11.7 Å². The second kappa shape index (κ2) is 10.4. The van der Waals surface area contributed by atoms with Crippen molar-refractivity contribution in [3.8, 4) is 5.69 Å². The summed E-state index contributed by atoms with van der Waals surface area (Å²) in [6.45, 7) is 6.16. The van der Waals surface area contributed by atoms with Crippen molar-refractivity contribution < 1.29 is 13.2 Å². The fraction of sp³-hybridized carbons (Fsp3) is 0.321. The number of benzene rings is 2. The van der Waals surface area contributed by atoms with Crippen molar-refractivity contribution >= 4 is 5.95 Å². The Morgan fingerprint density at radius 2 is 1.82 bits per heavy atom. The predicted molar refractivity (Wildman–Crippen MR) is 139 cm³/mol. The molecular weight excluding hydrogens is 493 g/mol. The molecule has 5 rings (SSSR count). The van der Waals surface area contributed by atoms with E-state index in [2.05, 4.69) is 39.5 Å². The van der Waals surface area contributed by atoms with E-state index in [1.807, 2.05) is 24.6 Å². The number of alkyl halides is 3. The molecule has 198 valence electrons. The molecule has 0 saturated carbocycles. The van der Waals surface area contributed by atoms with E-state index in [1.54, 1.807) is 17.1 Å². The maximum Gasteiger partial charge on any atom is 0.416 e. The SMILES string of the molecule is CCn1c(NC(C)c2ccc(C(F)(F)F)cc2)nc2c(c1=O)CN(Cc1ccc(-n3ccnc3)cc1)CC2. The molecule has 38 heavy (non-hydrogen) atoms. The first-order valence-corrected chi connectivity index (χ1v) is 12.6. The van der Waals surface area contributed by atoms with Gasteiger partial charge in [0, 0.05) is 50.7 Å². The van der Waals surface area contributed by atoms with Crippen LogP contribution in [0.5, 0.6) is 0 Å². The van der Waals surface area contributed by atoms with Gasteiger partial charge in [-0.1, -0.05) is 24.3 Å². The molecule has 1 aliphatic heterocycles. The lowest BCUT2D eigenvalue weighted by Gasteiger charge is -2.29. The molecule has 1 atom stereocenters.